The number of allylic oxidation sites excluding steroid dienone is 2. The van der Waals surface area contributed by atoms with Crippen LogP contribution in [-0.2, 0) is 19.7 Å². The topological polar surface area (TPSA) is 80.8 Å². The minimum atomic E-state index is -4.09. The van der Waals surface area contributed by atoms with E-state index < -0.39 is 10.1 Å². The number of benzene rings is 2. The number of fused-ring (bicyclic) bond motifs is 5. The van der Waals surface area contributed by atoms with Crippen molar-refractivity contribution >= 4 is 27.6 Å². The van der Waals surface area contributed by atoms with Crippen molar-refractivity contribution in [3.63, 3.8) is 0 Å². The van der Waals surface area contributed by atoms with E-state index in [9.17, 15) is 18.0 Å². The van der Waals surface area contributed by atoms with Crippen LogP contribution < -0.4 is 9.08 Å². The number of nitrogens with zero attached hydrogens (tertiary/aromatic N) is 1. The molecule has 2 aromatic carbocycles. The molecule has 2 aromatic rings. The van der Waals surface area contributed by atoms with Gasteiger partial charge in [0.05, 0.1) is 17.5 Å². The predicted molar refractivity (Wildman–Crippen MR) is 101 cm³/mol. The number of carbonyl (C=O) groups excluding carboxylic acids is 2. The SMILES string of the molecule is O=C1[C@@H]2[C@H](C(=O)N1c1ccccc1OS(=O)(=O)c1ccccc1)[C@@H]1C=C[C@H]2C1. The van der Waals surface area contributed by atoms with Crippen molar-refractivity contribution in [2.45, 2.75) is 11.3 Å². The Labute approximate surface area is 162 Å². The molecule has 1 aliphatic heterocycles. The zero-order valence-electron chi connectivity index (χ0n) is 14.8. The molecule has 0 N–H and O–H groups in total. The summed E-state index contributed by atoms with van der Waals surface area (Å²) in [5, 5.41) is 0. The molecular weight excluding hydrogens is 378 g/mol. The molecule has 0 spiro atoms. The summed E-state index contributed by atoms with van der Waals surface area (Å²) >= 11 is 0. The fourth-order valence-corrected chi connectivity index (χ4v) is 5.57. The standard InChI is InChI=1S/C21H17NO5S/c23-20-18-13-10-11-14(12-13)19(18)21(24)22(20)16-8-4-5-9-17(16)27-28(25,26)15-6-2-1-3-7-15/h1-11,13-14,18-19H,12H2/t13-,14+,18-,19+. The van der Waals surface area contributed by atoms with Gasteiger partial charge in [0.25, 0.3) is 0 Å². The zero-order chi connectivity index (χ0) is 19.5. The van der Waals surface area contributed by atoms with Crippen molar-refractivity contribution in [1.29, 1.82) is 0 Å². The summed E-state index contributed by atoms with van der Waals surface area (Å²) in [7, 11) is -4.09. The molecule has 1 saturated heterocycles. The third kappa shape index (κ3) is 2.43. The average Bonchev–Trinajstić information content (AvgIpc) is 3.37. The molecule has 1 heterocycles. The Bertz CT molecular complexity index is 1080. The Balaban J connectivity index is 1.52. The highest BCUT2D eigenvalue weighted by Crippen LogP contribution is 2.53. The van der Waals surface area contributed by atoms with Gasteiger partial charge >= 0.3 is 10.1 Å². The van der Waals surface area contributed by atoms with E-state index in [0.29, 0.717) is 0 Å². The van der Waals surface area contributed by atoms with Gasteiger partial charge < -0.3 is 4.18 Å². The number of para-hydroxylation sites is 2. The third-order valence-electron chi connectivity index (χ3n) is 5.81. The summed E-state index contributed by atoms with van der Waals surface area (Å²) in [6.45, 7) is 0. The van der Waals surface area contributed by atoms with Crippen molar-refractivity contribution in [3.05, 3.63) is 66.7 Å². The van der Waals surface area contributed by atoms with Crippen molar-refractivity contribution in [3.8, 4) is 5.75 Å². The Kier molecular flexibility index (Phi) is 3.71. The van der Waals surface area contributed by atoms with E-state index in [2.05, 4.69) is 0 Å². The van der Waals surface area contributed by atoms with Crippen LogP contribution in [-0.4, -0.2) is 20.2 Å². The molecule has 0 unspecified atom stereocenters. The highest BCUT2D eigenvalue weighted by atomic mass is 32.2. The van der Waals surface area contributed by atoms with Gasteiger partial charge in [0.15, 0.2) is 5.75 Å². The third-order valence-corrected chi connectivity index (χ3v) is 7.06. The maximum absolute atomic E-state index is 13.0. The van der Waals surface area contributed by atoms with Crippen LogP contribution in [0.2, 0.25) is 0 Å². The highest BCUT2D eigenvalue weighted by molar-refractivity contribution is 7.87. The lowest BCUT2D eigenvalue weighted by Gasteiger charge is -2.20. The highest BCUT2D eigenvalue weighted by Gasteiger charge is 2.60. The second-order valence-corrected chi connectivity index (χ2v) is 8.88. The van der Waals surface area contributed by atoms with Crippen molar-refractivity contribution in [2.24, 2.45) is 23.7 Å². The van der Waals surface area contributed by atoms with Gasteiger partial charge in [0, 0.05) is 0 Å². The number of imide groups is 1. The molecule has 0 radical (unpaired) electrons. The Morgan fingerprint density at radius 3 is 2.04 bits per heavy atom. The number of rotatable bonds is 4. The molecule has 2 amide bonds. The first-order chi connectivity index (χ1) is 13.5. The van der Waals surface area contributed by atoms with Gasteiger partial charge in [-0.15, -0.1) is 0 Å². The quantitative estimate of drug-likeness (QED) is 0.452. The van der Waals surface area contributed by atoms with E-state index in [-0.39, 0.29) is 51.8 Å². The van der Waals surface area contributed by atoms with Crippen molar-refractivity contribution < 1.29 is 22.2 Å². The molecule has 3 aliphatic rings. The van der Waals surface area contributed by atoms with E-state index in [4.69, 9.17) is 4.18 Å². The van der Waals surface area contributed by atoms with E-state index >= 15 is 0 Å². The van der Waals surface area contributed by atoms with Crippen LogP contribution in [0.25, 0.3) is 0 Å². The number of hydrogen-bond acceptors (Lipinski definition) is 5. The van der Waals surface area contributed by atoms with E-state index in [0.717, 1.165) is 11.3 Å². The Morgan fingerprint density at radius 2 is 1.39 bits per heavy atom. The van der Waals surface area contributed by atoms with Crippen LogP contribution in [0.4, 0.5) is 5.69 Å². The minimum absolute atomic E-state index is 0.00277. The van der Waals surface area contributed by atoms with Crippen LogP contribution in [0.15, 0.2) is 71.6 Å². The summed E-state index contributed by atoms with van der Waals surface area (Å²) in [6.07, 6.45) is 4.87. The summed E-state index contributed by atoms with van der Waals surface area (Å²) in [6, 6.07) is 14.0. The summed E-state index contributed by atoms with van der Waals surface area (Å²) in [4.78, 5) is 27.2. The van der Waals surface area contributed by atoms with Gasteiger partial charge in [-0.1, -0.05) is 42.5 Å². The fraction of sp³-hybridized carbons (Fsp3) is 0.238. The van der Waals surface area contributed by atoms with Gasteiger partial charge in [-0.25, -0.2) is 4.90 Å². The molecule has 2 bridgehead atoms. The molecule has 4 atom stereocenters. The molecule has 0 aromatic heterocycles. The predicted octanol–water partition coefficient (Wildman–Crippen LogP) is 2.77. The normalized spacial score (nSPS) is 28.1. The largest absolute Gasteiger partial charge is 0.377 e. The first-order valence-electron chi connectivity index (χ1n) is 9.12. The molecule has 7 heteroatoms. The van der Waals surface area contributed by atoms with Crippen LogP contribution >= 0.6 is 0 Å². The fourth-order valence-electron chi connectivity index (χ4n) is 4.61. The van der Waals surface area contributed by atoms with Gasteiger partial charge in [0.1, 0.15) is 4.90 Å². The molecule has 2 aliphatic carbocycles. The van der Waals surface area contributed by atoms with Gasteiger partial charge in [-0.3, -0.25) is 9.59 Å². The van der Waals surface area contributed by atoms with E-state index in [1.165, 1.54) is 18.2 Å². The average molecular weight is 395 g/mol. The maximum atomic E-state index is 13.0. The number of amides is 2. The molecule has 6 nitrogen and oxygen atoms in total. The molecule has 1 saturated carbocycles. The van der Waals surface area contributed by atoms with Crippen LogP contribution in [0.3, 0.4) is 0 Å². The van der Waals surface area contributed by atoms with Gasteiger partial charge in [-0.05, 0) is 42.5 Å². The Hall–Kier alpha value is -2.93. The molecule has 142 valence electrons. The van der Waals surface area contributed by atoms with Gasteiger partial charge in [0.2, 0.25) is 11.8 Å². The second-order valence-electron chi connectivity index (χ2n) is 7.33. The first kappa shape index (κ1) is 17.2. The Morgan fingerprint density at radius 1 is 0.821 bits per heavy atom. The van der Waals surface area contributed by atoms with Crippen molar-refractivity contribution in [2.75, 3.05) is 4.90 Å². The van der Waals surface area contributed by atoms with Crippen LogP contribution in [0, 0.1) is 23.7 Å². The summed E-state index contributed by atoms with van der Waals surface area (Å²) in [5.74, 6) is -1.15. The lowest BCUT2D eigenvalue weighted by Crippen LogP contribution is -2.33. The molecular formula is C21H17NO5S. The number of hydrogen-bond donors (Lipinski definition) is 0. The van der Waals surface area contributed by atoms with Gasteiger partial charge in [-0.2, -0.15) is 8.42 Å². The lowest BCUT2D eigenvalue weighted by atomic mass is 9.85. The minimum Gasteiger partial charge on any atom is -0.377 e. The second kappa shape index (κ2) is 6.04. The zero-order valence-corrected chi connectivity index (χ0v) is 15.6. The molecule has 2 fully saturated rings. The smallest absolute Gasteiger partial charge is 0.339 e. The van der Waals surface area contributed by atoms with E-state index in [1.54, 1.807) is 36.4 Å². The molecule has 5 rings (SSSR count). The van der Waals surface area contributed by atoms with Crippen molar-refractivity contribution in [1.82, 2.24) is 0 Å². The lowest BCUT2D eigenvalue weighted by molar-refractivity contribution is -0.123. The summed E-state index contributed by atoms with van der Waals surface area (Å²) < 4.78 is 30.6. The van der Waals surface area contributed by atoms with Crippen LogP contribution in [0.1, 0.15) is 6.42 Å². The van der Waals surface area contributed by atoms with Crippen LogP contribution in [0.5, 0.6) is 5.75 Å². The van der Waals surface area contributed by atoms with E-state index in [1.807, 2.05) is 12.2 Å². The number of anilines is 1. The maximum Gasteiger partial charge on any atom is 0.339 e. The number of carbonyl (C=O) groups is 2. The molecule has 28 heavy (non-hydrogen) atoms. The first-order valence-corrected chi connectivity index (χ1v) is 10.5. The summed E-state index contributed by atoms with van der Waals surface area (Å²) in [5.41, 5.74) is 0.172. The monoisotopic (exact) mass is 395 g/mol.